The molecule has 2 unspecified atom stereocenters. The van der Waals surface area contributed by atoms with Gasteiger partial charge in [-0.2, -0.15) is 18.2 Å². The second kappa shape index (κ2) is 7.12. The van der Waals surface area contributed by atoms with Gasteiger partial charge < -0.3 is 15.2 Å². The Bertz CT molecular complexity index is 855. The molecule has 0 radical (unpaired) electrons. The third-order valence-corrected chi connectivity index (χ3v) is 5.05. The van der Waals surface area contributed by atoms with Crippen LogP contribution in [0.15, 0.2) is 22.7 Å². The van der Waals surface area contributed by atoms with Crippen LogP contribution in [0, 0.1) is 0 Å². The normalized spacial score (nSPS) is 22.5. The number of nitrogens with zero attached hydrogens (tertiary/aromatic N) is 3. The molecule has 1 aromatic carbocycles. The number of halogens is 4. The van der Waals surface area contributed by atoms with Gasteiger partial charge in [-0.1, -0.05) is 30.1 Å². The van der Waals surface area contributed by atoms with Crippen LogP contribution in [0.4, 0.5) is 13.2 Å². The zero-order chi connectivity index (χ0) is 18.5. The van der Waals surface area contributed by atoms with Crippen LogP contribution < -0.4 is 5.73 Å². The third-order valence-electron chi connectivity index (χ3n) is 5.05. The molecule has 27 heavy (non-hydrogen) atoms. The minimum Gasteiger partial charge on any atom is -0.330 e. The molecule has 2 heterocycles. The lowest BCUT2D eigenvalue weighted by Crippen LogP contribution is -2.49. The highest BCUT2D eigenvalue weighted by molar-refractivity contribution is 5.99. The van der Waals surface area contributed by atoms with E-state index in [0.717, 1.165) is 31.2 Å². The Morgan fingerprint density at radius 1 is 1.22 bits per heavy atom. The number of carbonyl (C=O) groups is 1. The maximum atomic E-state index is 12.8. The molecule has 2 atom stereocenters. The summed E-state index contributed by atoms with van der Waals surface area (Å²) in [6.45, 7) is 0.465. The van der Waals surface area contributed by atoms with Crippen LogP contribution in [0.3, 0.4) is 0 Å². The fraction of sp³-hybridized carbons (Fsp3) is 0.471. The van der Waals surface area contributed by atoms with Crippen molar-refractivity contribution in [2.45, 2.75) is 50.5 Å². The summed E-state index contributed by atoms with van der Waals surface area (Å²) < 4.78 is 42.1. The average Bonchev–Trinajstić information content (AvgIpc) is 3.21. The highest BCUT2D eigenvalue weighted by atomic mass is 35.5. The molecule has 2 N–H and O–H groups in total. The van der Waals surface area contributed by atoms with Gasteiger partial charge in [0.25, 0.3) is 5.91 Å². The minimum atomic E-state index is -4.70. The highest BCUT2D eigenvalue weighted by Crippen LogP contribution is 2.34. The van der Waals surface area contributed by atoms with Crippen molar-refractivity contribution in [3.8, 4) is 11.4 Å². The van der Waals surface area contributed by atoms with E-state index >= 15 is 0 Å². The third kappa shape index (κ3) is 3.53. The fourth-order valence-electron chi connectivity index (χ4n) is 3.71. The van der Waals surface area contributed by atoms with Crippen LogP contribution in [0.1, 0.15) is 47.5 Å². The topological polar surface area (TPSA) is 85.2 Å². The first-order valence-electron chi connectivity index (χ1n) is 8.45. The number of alkyl halides is 3. The van der Waals surface area contributed by atoms with Gasteiger partial charge in [0.2, 0.25) is 5.82 Å². The number of benzene rings is 1. The molecule has 6 nitrogen and oxygen atoms in total. The Balaban J connectivity index is 0.00000210. The van der Waals surface area contributed by atoms with Crippen LogP contribution in [-0.4, -0.2) is 33.0 Å². The Morgan fingerprint density at radius 2 is 1.96 bits per heavy atom. The number of nitrogens with two attached hydrogens (primary N) is 1. The Morgan fingerprint density at radius 3 is 2.63 bits per heavy atom. The number of hydrogen-bond acceptors (Lipinski definition) is 5. The number of fused-ring (bicyclic) bond motifs is 1. The van der Waals surface area contributed by atoms with Crippen LogP contribution in [-0.2, 0) is 12.7 Å². The first kappa shape index (κ1) is 19.6. The van der Waals surface area contributed by atoms with Gasteiger partial charge in [-0.25, -0.2) is 0 Å². The maximum Gasteiger partial charge on any atom is 0.471 e. The molecule has 10 heteroatoms. The quantitative estimate of drug-likeness (QED) is 0.832. The molecule has 2 aliphatic rings. The summed E-state index contributed by atoms with van der Waals surface area (Å²) in [7, 11) is 0. The smallest absolute Gasteiger partial charge is 0.330 e. The lowest BCUT2D eigenvalue weighted by molar-refractivity contribution is -0.159. The van der Waals surface area contributed by atoms with E-state index < -0.39 is 12.1 Å². The van der Waals surface area contributed by atoms with E-state index in [0.29, 0.717) is 17.7 Å². The highest BCUT2D eigenvalue weighted by Gasteiger charge is 2.39. The second-order valence-corrected chi connectivity index (χ2v) is 6.74. The van der Waals surface area contributed by atoms with Gasteiger partial charge in [-0.15, -0.1) is 12.4 Å². The van der Waals surface area contributed by atoms with Crippen molar-refractivity contribution in [2.75, 3.05) is 0 Å². The molecule has 0 spiro atoms. The lowest BCUT2D eigenvalue weighted by Gasteiger charge is -2.35. The molecule has 4 rings (SSSR count). The zero-order valence-electron chi connectivity index (χ0n) is 14.2. The SMILES string of the molecule is Cl.NC1CCCCC1N1Cc2ccc(-c3noc(C(F)(F)F)n3)cc2C1=O. The van der Waals surface area contributed by atoms with Crippen LogP contribution in [0.5, 0.6) is 0 Å². The van der Waals surface area contributed by atoms with Gasteiger partial charge in [0, 0.05) is 29.8 Å². The monoisotopic (exact) mass is 402 g/mol. The van der Waals surface area contributed by atoms with Gasteiger partial charge >= 0.3 is 12.1 Å². The largest absolute Gasteiger partial charge is 0.471 e. The number of carbonyl (C=O) groups excluding carboxylic acids is 1. The van der Waals surface area contributed by atoms with E-state index in [9.17, 15) is 18.0 Å². The summed E-state index contributed by atoms with van der Waals surface area (Å²) in [6.07, 6.45) is -0.846. The van der Waals surface area contributed by atoms with Gasteiger partial charge in [-0.3, -0.25) is 4.79 Å². The van der Waals surface area contributed by atoms with Crippen LogP contribution in [0.2, 0.25) is 0 Å². The predicted octanol–water partition coefficient (Wildman–Crippen LogP) is 3.40. The summed E-state index contributed by atoms with van der Waals surface area (Å²) in [6, 6.07) is 4.79. The van der Waals surface area contributed by atoms with Crippen LogP contribution >= 0.6 is 12.4 Å². The first-order valence-corrected chi connectivity index (χ1v) is 8.45. The zero-order valence-corrected chi connectivity index (χ0v) is 15.0. The molecule has 2 aromatic rings. The number of amides is 1. The van der Waals surface area contributed by atoms with Crippen molar-refractivity contribution in [3.63, 3.8) is 0 Å². The van der Waals surface area contributed by atoms with E-state index in [4.69, 9.17) is 5.73 Å². The molecule has 1 amide bonds. The Labute approximate surface area is 159 Å². The van der Waals surface area contributed by atoms with Crippen molar-refractivity contribution in [3.05, 3.63) is 35.2 Å². The maximum absolute atomic E-state index is 12.8. The van der Waals surface area contributed by atoms with Crippen molar-refractivity contribution in [1.29, 1.82) is 0 Å². The van der Waals surface area contributed by atoms with E-state index in [2.05, 4.69) is 14.7 Å². The van der Waals surface area contributed by atoms with Crippen molar-refractivity contribution in [1.82, 2.24) is 15.0 Å². The van der Waals surface area contributed by atoms with Crippen LogP contribution in [0.25, 0.3) is 11.4 Å². The van der Waals surface area contributed by atoms with E-state index in [-0.39, 0.29) is 36.2 Å². The summed E-state index contributed by atoms with van der Waals surface area (Å²) >= 11 is 0. The van der Waals surface area contributed by atoms with Gasteiger partial charge in [0.15, 0.2) is 0 Å². The average molecular weight is 403 g/mol. The first-order chi connectivity index (χ1) is 12.3. The van der Waals surface area contributed by atoms with E-state index in [1.54, 1.807) is 17.0 Å². The molecular formula is C17H18ClF3N4O2. The molecule has 0 bridgehead atoms. The predicted molar refractivity (Wildman–Crippen MR) is 92.1 cm³/mol. The molecular weight excluding hydrogens is 385 g/mol. The standard InChI is InChI=1S/C17H17F3N4O2.ClH/c18-17(19,20)16-22-14(23-26-16)9-5-6-10-8-24(15(25)11(10)7-9)13-4-2-1-3-12(13)21;/h5-7,12-13H,1-4,8,21H2;1H. The summed E-state index contributed by atoms with van der Waals surface area (Å²) in [5.41, 5.74) is 7.79. The van der Waals surface area contributed by atoms with Crippen molar-refractivity contribution >= 4 is 18.3 Å². The van der Waals surface area contributed by atoms with Gasteiger partial charge in [-0.05, 0) is 24.5 Å². The van der Waals surface area contributed by atoms with Crippen molar-refractivity contribution in [2.24, 2.45) is 5.73 Å². The minimum absolute atomic E-state index is 0. The van der Waals surface area contributed by atoms with Crippen molar-refractivity contribution < 1.29 is 22.5 Å². The van der Waals surface area contributed by atoms with E-state index in [1.165, 1.54) is 6.07 Å². The summed E-state index contributed by atoms with van der Waals surface area (Å²) in [5, 5.41) is 3.37. The second-order valence-electron chi connectivity index (χ2n) is 6.74. The molecule has 1 aliphatic carbocycles. The summed E-state index contributed by atoms with van der Waals surface area (Å²) in [5.74, 6) is -1.75. The van der Waals surface area contributed by atoms with Gasteiger partial charge in [0.05, 0.1) is 0 Å². The lowest BCUT2D eigenvalue weighted by atomic mass is 9.90. The Hall–Kier alpha value is -2.13. The molecule has 146 valence electrons. The molecule has 1 fully saturated rings. The molecule has 1 saturated carbocycles. The Kier molecular flexibility index (Phi) is 5.18. The molecule has 1 aromatic heterocycles. The fourth-order valence-corrected chi connectivity index (χ4v) is 3.71. The van der Waals surface area contributed by atoms with Gasteiger partial charge in [0.1, 0.15) is 0 Å². The van der Waals surface area contributed by atoms with E-state index in [1.807, 2.05) is 0 Å². The number of rotatable bonds is 2. The molecule has 1 aliphatic heterocycles. The number of aromatic nitrogens is 2. The summed E-state index contributed by atoms with van der Waals surface area (Å²) in [4.78, 5) is 18.0. The molecule has 0 saturated heterocycles. The number of hydrogen-bond donors (Lipinski definition) is 1.